The average Bonchev–Trinajstić information content (AvgIpc) is 2.63. The summed E-state index contributed by atoms with van der Waals surface area (Å²) in [5.74, 6) is 0. The lowest BCUT2D eigenvalue weighted by atomic mass is 10.0. The first-order valence-corrected chi connectivity index (χ1v) is 5.23. The van der Waals surface area contributed by atoms with Gasteiger partial charge in [-0.2, -0.15) is 0 Å². The molecule has 1 unspecified atom stereocenters. The Hall–Kier alpha value is -1.19. The number of nitrogens with two attached hydrogens (primary N) is 1. The van der Waals surface area contributed by atoms with Crippen molar-refractivity contribution in [3.8, 4) is 0 Å². The molecular formula is C12H16N2O. The molecule has 15 heavy (non-hydrogen) atoms. The van der Waals surface area contributed by atoms with Crippen molar-refractivity contribution >= 4 is 6.29 Å². The van der Waals surface area contributed by atoms with Gasteiger partial charge in [0.2, 0.25) is 0 Å². The van der Waals surface area contributed by atoms with Crippen LogP contribution in [0.25, 0.3) is 0 Å². The van der Waals surface area contributed by atoms with Crippen LogP contribution in [0.5, 0.6) is 0 Å². The van der Waals surface area contributed by atoms with Crippen LogP contribution in [-0.4, -0.2) is 29.8 Å². The van der Waals surface area contributed by atoms with Crippen LogP contribution in [0.1, 0.15) is 12.0 Å². The first-order chi connectivity index (χ1) is 7.22. The minimum absolute atomic E-state index is 0.616. The summed E-state index contributed by atoms with van der Waals surface area (Å²) >= 11 is 0. The Morgan fingerprint density at radius 2 is 2.13 bits per heavy atom. The number of hydrogen-bond donors (Lipinski definition) is 1. The number of carbonyl (C=O) groups is 1. The molecule has 0 aliphatic carbocycles. The first kappa shape index (κ1) is 10.3. The van der Waals surface area contributed by atoms with Gasteiger partial charge in [-0.3, -0.25) is 4.90 Å². The van der Waals surface area contributed by atoms with E-state index in [9.17, 15) is 4.79 Å². The molecule has 0 radical (unpaired) electrons. The van der Waals surface area contributed by atoms with E-state index >= 15 is 0 Å². The highest BCUT2D eigenvalue weighted by Crippen LogP contribution is 2.18. The molecule has 1 aliphatic rings. The fraction of sp³-hybridized carbons (Fsp3) is 0.417. The highest BCUT2D eigenvalue weighted by Gasteiger charge is 2.33. The summed E-state index contributed by atoms with van der Waals surface area (Å²) in [5.41, 5.74) is 6.55. The van der Waals surface area contributed by atoms with Gasteiger partial charge in [0.15, 0.2) is 0 Å². The maximum absolute atomic E-state index is 10.8. The van der Waals surface area contributed by atoms with E-state index < -0.39 is 5.54 Å². The predicted octanol–water partition coefficient (Wildman–Crippen LogP) is 0.789. The molecule has 1 fully saturated rings. The molecule has 0 aromatic heterocycles. The minimum atomic E-state index is -0.616. The maximum Gasteiger partial charge on any atom is 0.141 e. The van der Waals surface area contributed by atoms with Gasteiger partial charge in [0, 0.05) is 19.6 Å². The van der Waals surface area contributed by atoms with E-state index in [1.165, 1.54) is 5.56 Å². The molecule has 1 aromatic rings. The van der Waals surface area contributed by atoms with Crippen molar-refractivity contribution in [2.75, 3.05) is 13.1 Å². The Morgan fingerprint density at radius 3 is 2.73 bits per heavy atom. The molecule has 1 atom stereocenters. The molecule has 2 N–H and O–H groups in total. The summed E-state index contributed by atoms with van der Waals surface area (Å²) in [7, 11) is 0. The molecule has 0 spiro atoms. The van der Waals surface area contributed by atoms with Gasteiger partial charge in [0.1, 0.15) is 6.29 Å². The van der Waals surface area contributed by atoms with Crippen molar-refractivity contribution in [2.24, 2.45) is 5.73 Å². The fourth-order valence-electron chi connectivity index (χ4n) is 2.01. The molecule has 80 valence electrons. The second kappa shape index (κ2) is 4.13. The first-order valence-electron chi connectivity index (χ1n) is 5.23. The van der Waals surface area contributed by atoms with Gasteiger partial charge in [-0.05, 0) is 12.0 Å². The van der Waals surface area contributed by atoms with Crippen LogP contribution in [0.3, 0.4) is 0 Å². The molecule has 3 nitrogen and oxygen atoms in total. The number of aldehydes is 1. The lowest BCUT2D eigenvalue weighted by Crippen LogP contribution is -2.44. The SMILES string of the molecule is NC1(C=O)CCN(Cc2ccccc2)C1. The van der Waals surface area contributed by atoms with Gasteiger partial charge in [-0.1, -0.05) is 30.3 Å². The third kappa shape index (κ3) is 2.43. The summed E-state index contributed by atoms with van der Waals surface area (Å²) in [6.45, 7) is 2.46. The van der Waals surface area contributed by atoms with Crippen LogP contribution in [-0.2, 0) is 11.3 Å². The molecule has 0 bridgehead atoms. The highest BCUT2D eigenvalue weighted by atomic mass is 16.1. The van der Waals surface area contributed by atoms with E-state index in [1.54, 1.807) is 0 Å². The zero-order chi connectivity index (χ0) is 10.7. The minimum Gasteiger partial charge on any atom is -0.318 e. The van der Waals surface area contributed by atoms with Crippen LogP contribution in [0.4, 0.5) is 0 Å². The van der Waals surface area contributed by atoms with Gasteiger partial charge in [0.05, 0.1) is 5.54 Å². The van der Waals surface area contributed by atoms with Crippen LogP contribution in [0, 0.1) is 0 Å². The normalized spacial score (nSPS) is 26.7. The topological polar surface area (TPSA) is 46.3 Å². The quantitative estimate of drug-likeness (QED) is 0.740. The zero-order valence-electron chi connectivity index (χ0n) is 8.73. The Kier molecular flexibility index (Phi) is 2.84. The molecule has 2 rings (SSSR count). The van der Waals surface area contributed by atoms with Crippen LogP contribution in [0.2, 0.25) is 0 Å². The smallest absolute Gasteiger partial charge is 0.141 e. The van der Waals surface area contributed by atoms with Crippen molar-refractivity contribution in [3.05, 3.63) is 35.9 Å². The summed E-state index contributed by atoms with van der Waals surface area (Å²) in [6, 6.07) is 10.3. The monoisotopic (exact) mass is 204 g/mol. The molecule has 1 heterocycles. The number of rotatable bonds is 3. The zero-order valence-corrected chi connectivity index (χ0v) is 8.73. The molecule has 3 heteroatoms. The van der Waals surface area contributed by atoms with E-state index in [2.05, 4.69) is 17.0 Å². The van der Waals surface area contributed by atoms with Crippen molar-refractivity contribution in [1.29, 1.82) is 0 Å². The number of nitrogens with zero attached hydrogens (tertiary/aromatic N) is 1. The van der Waals surface area contributed by atoms with Crippen LogP contribution in [0.15, 0.2) is 30.3 Å². The second-order valence-electron chi connectivity index (χ2n) is 4.30. The van der Waals surface area contributed by atoms with E-state index in [1.807, 2.05) is 18.2 Å². The van der Waals surface area contributed by atoms with Crippen LogP contribution >= 0.6 is 0 Å². The third-order valence-electron chi connectivity index (χ3n) is 2.90. The molecule has 0 saturated carbocycles. The standard InChI is InChI=1S/C12H16N2O/c13-12(10-15)6-7-14(9-12)8-11-4-2-1-3-5-11/h1-5,10H,6-9,13H2. The molecular weight excluding hydrogens is 188 g/mol. The van der Waals surface area contributed by atoms with Gasteiger partial charge in [-0.15, -0.1) is 0 Å². The Labute approximate surface area is 89.9 Å². The molecule has 1 saturated heterocycles. The van der Waals surface area contributed by atoms with E-state index in [0.29, 0.717) is 6.54 Å². The Bertz CT molecular complexity index is 339. The second-order valence-corrected chi connectivity index (χ2v) is 4.30. The van der Waals surface area contributed by atoms with Gasteiger partial charge in [-0.25, -0.2) is 0 Å². The van der Waals surface area contributed by atoms with Gasteiger partial charge >= 0.3 is 0 Å². The molecule has 1 aliphatic heterocycles. The van der Waals surface area contributed by atoms with Crippen molar-refractivity contribution < 1.29 is 4.79 Å². The summed E-state index contributed by atoms with van der Waals surface area (Å²) in [4.78, 5) is 13.0. The van der Waals surface area contributed by atoms with E-state index in [4.69, 9.17) is 5.73 Å². The van der Waals surface area contributed by atoms with Crippen molar-refractivity contribution in [2.45, 2.75) is 18.5 Å². The Balaban J connectivity index is 1.96. The summed E-state index contributed by atoms with van der Waals surface area (Å²) < 4.78 is 0. The van der Waals surface area contributed by atoms with Gasteiger partial charge < -0.3 is 10.5 Å². The van der Waals surface area contributed by atoms with Gasteiger partial charge in [0.25, 0.3) is 0 Å². The summed E-state index contributed by atoms with van der Waals surface area (Å²) in [6.07, 6.45) is 1.65. The fourth-order valence-corrected chi connectivity index (χ4v) is 2.01. The number of carbonyl (C=O) groups excluding carboxylic acids is 1. The lowest BCUT2D eigenvalue weighted by Gasteiger charge is -2.18. The average molecular weight is 204 g/mol. The summed E-state index contributed by atoms with van der Waals surface area (Å²) in [5, 5.41) is 0. The number of hydrogen-bond acceptors (Lipinski definition) is 3. The Morgan fingerprint density at radius 1 is 1.40 bits per heavy atom. The lowest BCUT2D eigenvalue weighted by molar-refractivity contribution is -0.111. The predicted molar refractivity (Wildman–Crippen MR) is 59.3 cm³/mol. The highest BCUT2D eigenvalue weighted by molar-refractivity contribution is 5.64. The van der Waals surface area contributed by atoms with Crippen molar-refractivity contribution in [1.82, 2.24) is 4.90 Å². The maximum atomic E-state index is 10.8. The van der Waals surface area contributed by atoms with Crippen molar-refractivity contribution in [3.63, 3.8) is 0 Å². The number of benzene rings is 1. The number of likely N-dealkylation sites (tertiary alicyclic amines) is 1. The van der Waals surface area contributed by atoms with E-state index in [0.717, 1.165) is 25.8 Å². The largest absolute Gasteiger partial charge is 0.318 e. The van der Waals surface area contributed by atoms with E-state index in [-0.39, 0.29) is 0 Å². The molecule has 1 aromatic carbocycles. The van der Waals surface area contributed by atoms with Crippen LogP contribution < -0.4 is 5.73 Å². The third-order valence-corrected chi connectivity index (χ3v) is 2.90. The molecule has 0 amide bonds.